The molecule has 10 nitrogen and oxygen atoms in total. The van der Waals surface area contributed by atoms with Gasteiger partial charge in [0.15, 0.2) is 0 Å². The summed E-state index contributed by atoms with van der Waals surface area (Å²) in [7, 11) is 0. The van der Waals surface area contributed by atoms with Crippen LogP contribution >= 0.6 is 46.4 Å². The predicted octanol–water partition coefficient (Wildman–Crippen LogP) is 4.24. The molecular formula is C22H15Cl4N5O5. The van der Waals surface area contributed by atoms with Gasteiger partial charge in [-0.05, 0) is 48.5 Å². The van der Waals surface area contributed by atoms with Crippen LogP contribution in [0.3, 0.4) is 0 Å². The van der Waals surface area contributed by atoms with Crippen molar-refractivity contribution in [3.8, 4) is 0 Å². The maximum atomic E-state index is 12.0. The lowest BCUT2D eigenvalue weighted by Gasteiger charge is -2.06. The number of hydrogen-bond donors (Lipinski definition) is 4. The van der Waals surface area contributed by atoms with Gasteiger partial charge in [0, 0.05) is 21.4 Å². The number of amides is 4. The molecular weight excluding hydrogens is 556 g/mol. The number of halogens is 4. The number of hydrazone groups is 1. The fourth-order valence-electron chi connectivity index (χ4n) is 2.59. The van der Waals surface area contributed by atoms with Crippen molar-refractivity contribution in [3.63, 3.8) is 0 Å². The zero-order valence-electron chi connectivity index (χ0n) is 17.9. The van der Waals surface area contributed by atoms with Crippen LogP contribution in [0, 0.1) is 0 Å². The average molecular weight is 571 g/mol. The minimum atomic E-state index is -1.04. The number of nitrogens with one attached hydrogen (secondary N) is 4. The number of carbonyl (C=O) groups is 4. The SMILES string of the molecule is O=C(NCc1ccc(/C=N/NC(=O)C(=O)Nc2ccc(Cl)c(Cl)c2)o1)C(=O)Nc1cc(Cl)cc(Cl)c1. The Balaban J connectivity index is 1.45. The van der Waals surface area contributed by atoms with Crippen LogP contribution in [0.2, 0.25) is 20.1 Å². The van der Waals surface area contributed by atoms with E-state index in [0.29, 0.717) is 20.8 Å². The molecule has 0 unspecified atom stereocenters. The van der Waals surface area contributed by atoms with Crippen molar-refractivity contribution in [1.29, 1.82) is 0 Å². The Hall–Kier alpha value is -3.57. The first-order valence-electron chi connectivity index (χ1n) is 9.84. The molecule has 3 rings (SSSR count). The third-order valence-corrected chi connectivity index (χ3v) is 5.35. The van der Waals surface area contributed by atoms with E-state index in [1.807, 2.05) is 5.43 Å². The van der Waals surface area contributed by atoms with Crippen molar-refractivity contribution in [2.24, 2.45) is 5.10 Å². The molecule has 4 N–H and O–H groups in total. The normalized spacial score (nSPS) is 10.7. The van der Waals surface area contributed by atoms with Crippen LogP contribution in [0.1, 0.15) is 11.5 Å². The molecule has 3 aromatic rings. The first kappa shape index (κ1) is 27.0. The van der Waals surface area contributed by atoms with Gasteiger partial charge in [-0.15, -0.1) is 0 Å². The lowest BCUT2D eigenvalue weighted by Crippen LogP contribution is -2.34. The Morgan fingerprint density at radius 2 is 1.42 bits per heavy atom. The molecule has 2 aromatic carbocycles. The standard InChI is InChI=1S/C22H15Cl4N5O5/c23-11-5-12(24)7-14(6-11)30-20(33)19(32)27-9-15-2-3-16(36-15)10-28-31-22(35)21(34)29-13-1-4-17(25)18(26)8-13/h1-8,10H,9H2,(H,27,32)(H,29,34)(H,30,33)(H,31,35)/b28-10+. The number of furan rings is 1. The van der Waals surface area contributed by atoms with Gasteiger partial charge in [0.05, 0.1) is 22.8 Å². The summed E-state index contributed by atoms with van der Waals surface area (Å²) in [6.07, 6.45) is 1.14. The van der Waals surface area contributed by atoms with Crippen molar-refractivity contribution in [2.75, 3.05) is 10.6 Å². The number of hydrogen-bond acceptors (Lipinski definition) is 6. The monoisotopic (exact) mass is 569 g/mol. The maximum Gasteiger partial charge on any atom is 0.329 e. The Bertz CT molecular complexity index is 1340. The summed E-state index contributed by atoms with van der Waals surface area (Å²) in [5, 5.41) is 11.8. The summed E-state index contributed by atoms with van der Waals surface area (Å²) >= 11 is 23.4. The molecule has 4 amide bonds. The second-order valence-corrected chi connectivity index (χ2v) is 8.57. The van der Waals surface area contributed by atoms with Crippen LogP contribution in [0.5, 0.6) is 0 Å². The van der Waals surface area contributed by atoms with Crippen LogP contribution in [0.4, 0.5) is 11.4 Å². The number of benzene rings is 2. The molecule has 1 heterocycles. The zero-order valence-corrected chi connectivity index (χ0v) is 20.9. The molecule has 0 bridgehead atoms. The van der Waals surface area contributed by atoms with E-state index >= 15 is 0 Å². The highest BCUT2D eigenvalue weighted by Gasteiger charge is 2.16. The fraction of sp³-hybridized carbons (Fsp3) is 0.0455. The maximum absolute atomic E-state index is 12.0. The van der Waals surface area contributed by atoms with Gasteiger partial charge in [0.1, 0.15) is 11.5 Å². The minimum Gasteiger partial charge on any atom is -0.458 e. The molecule has 0 aliphatic heterocycles. The van der Waals surface area contributed by atoms with Gasteiger partial charge in [0.2, 0.25) is 0 Å². The van der Waals surface area contributed by atoms with Crippen molar-refractivity contribution in [3.05, 3.63) is 80.1 Å². The molecule has 0 spiro atoms. The average Bonchev–Trinajstić information content (AvgIpc) is 3.26. The van der Waals surface area contributed by atoms with E-state index in [4.69, 9.17) is 50.8 Å². The van der Waals surface area contributed by atoms with E-state index in [1.165, 1.54) is 48.5 Å². The van der Waals surface area contributed by atoms with Gasteiger partial charge in [-0.2, -0.15) is 5.10 Å². The summed E-state index contributed by atoms with van der Waals surface area (Å²) in [6, 6.07) is 11.7. The molecule has 0 radical (unpaired) electrons. The third kappa shape index (κ3) is 7.99. The summed E-state index contributed by atoms with van der Waals surface area (Å²) in [5.41, 5.74) is 2.58. The lowest BCUT2D eigenvalue weighted by atomic mass is 10.3. The van der Waals surface area contributed by atoms with Crippen LogP contribution in [-0.4, -0.2) is 29.8 Å². The first-order valence-corrected chi connectivity index (χ1v) is 11.4. The molecule has 14 heteroatoms. The van der Waals surface area contributed by atoms with Crippen molar-refractivity contribution < 1.29 is 23.6 Å². The van der Waals surface area contributed by atoms with Crippen molar-refractivity contribution in [2.45, 2.75) is 6.54 Å². The van der Waals surface area contributed by atoms with Gasteiger partial charge in [-0.3, -0.25) is 19.2 Å². The number of nitrogens with zero attached hydrogens (tertiary/aromatic N) is 1. The molecule has 0 saturated heterocycles. The third-order valence-electron chi connectivity index (χ3n) is 4.17. The molecule has 0 saturated carbocycles. The van der Waals surface area contributed by atoms with Crippen LogP contribution in [-0.2, 0) is 25.7 Å². The van der Waals surface area contributed by atoms with Crippen LogP contribution in [0.15, 0.2) is 58.0 Å². The van der Waals surface area contributed by atoms with Gasteiger partial charge in [-0.1, -0.05) is 46.4 Å². The summed E-state index contributed by atoms with van der Waals surface area (Å²) in [6.45, 7) is -0.102. The smallest absolute Gasteiger partial charge is 0.329 e. The van der Waals surface area contributed by atoms with E-state index < -0.39 is 23.6 Å². The van der Waals surface area contributed by atoms with Gasteiger partial charge < -0.3 is 20.4 Å². The van der Waals surface area contributed by atoms with E-state index in [2.05, 4.69) is 21.1 Å². The van der Waals surface area contributed by atoms with E-state index in [9.17, 15) is 19.2 Å². The number of carbonyl (C=O) groups excluding carboxylic acids is 4. The Labute approximate surface area is 223 Å². The van der Waals surface area contributed by atoms with E-state index in [1.54, 1.807) is 0 Å². The second-order valence-electron chi connectivity index (χ2n) is 6.88. The predicted molar refractivity (Wildman–Crippen MR) is 136 cm³/mol. The largest absolute Gasteiger partial charge is 0.458 e. The highest BCUT2D eigenvalue weighted by molar-refractivity contribution is 6.43. The van der Waals surface area contributed by atoms with E-state index in [-0.39, 0.29) is 28.7 Å². The first-order chi connectivity index (χ1) is 17.1. The van der Waals surface area contributed by atoms with Crippen LogP contribution < -0.4 is 21.4 Å². The quantitative estimate of drug-likeness (QED) is 0.199. The summed E-state index contributed by atoms with van der Waals surface area (Å²) < 4.78 is 5.42. The van der Waals surface area contributed by atoms with Gasteiger partial charge in [0.25, 0.3) is 0 Å². The zero-order chi connectivity index (χ0) is 26.2. The Morgan fingerprint density at radius 1 is 0.750 bits per heavy atom. The van der Waals surface area contributed by atoms with Crippen LogP contribution in [0.25, 0.3) is 0 Å². The van der Waals surface area contributed by atoms with E-state index in [0.717, 1.165) is 6.21 Å². The molecule has 0 aliphatic carbocycles. The summed E-state index contributed by atoms with van der Waals surface area (Å²) in [5.74, 6) is -3.36. The number of rotatable bonds is 6. The lowest BCUT2D eigenvalue weighted by molar-refractivity contribution is -0.136. The molecule has 0 atom stereocenters. The minimum absolute atomic E-state index is 0.102. The topological polar surface area (TPSA) is 142 Å². The second kappa shape index (κ2) is 12.4. The summed E-state index contributed by atoms with van der Waals surface area (Å²) in [4.78, 5) is 47.8. The molecule has 186 valence electrons. The Morgan fingerprint density at radius 3 is 2.11 bits per heavy atom. The number of anilines is 2. The highest BCUT2D eigenvalue weighted by Crippen LogP contribution is 2.25. The van der Waals surface area contributed by atoms with Crippen molar-refractivity contribution >= 4 is 87.6 Å². The molecule has 0 aliphatic rings. The molecule has 0 fully saturated rings. The van der Waals surface area contributed by atoms with Gasteiger partial charge >= 0.3 is 23.6 Å². The highest BCUT2D eigenvalue weighted by atomic mass is 35.5. The van der Waals surface area contributed by atoms with Crippen molar-refractivity contribution in [1.82, 2.24) is 10.7 Å². The molecule has 1 aromatic heterocycles. The van der Waals surface area contributed by atoms with Gasteiger partial charge in [-0.25, -0.2) is 5.43 Å². The fourth-order valence-corrected chi connectivity index (χ4v) is 3.41. The molecule has 36 heavy (non-hydrogen) atoms. The Kier molecular flexibility index (Phi) is 9.31.